The molecule has 0 saturated carbocycles. The van der Waals surface area contributed by atoms with Crippen molar-refractivity contribution in [2.45, 2.75) is 32.4 Å². The smallest absolute Gasteiger partial charge is 0.234 e. The first-order valence-corrected chi connectivity index (χ1v) is 8.66. The molecule has 0 aliphatic carbocycles. The van der Waals surface area contributed by atoms with Gasteiger partial charge in [-0.25, -0.2) is 0 Å². The Labute approximate surface area is 153 Å². The van der Waals surface area contributed by atoms with Crippen molar-refractivity contribution >= 4 is 23.3 Å². The van der Waals surface area contributed by atoms with Crippen LogP contribution in [0.1, 0.15) is 31.0 Å². The molecule has 132 valence electrons. The normalized spacial score (nSPS) is 13.1. The number of ketones is 1. The third-order valence-corrected chi connectivity index (χ3v) is 4.26. The minimum atomic E-state index is -0.516. The number of Topliss-reactive ketones (excluding diaryl/α,β-unsaturated/α-hetero) is 1. The highest BCUT2D eigenvalue weighted by molar-refractivity contribution is 6.30. The van der Waals surface area contributed by atoms with E-state index in [1.807, 2.05) is 61.5 Å². The Hall–Kier alpha value is -2.17. The number of carbonyl (C=O) groups excluding carboxylic acids is 2. The second kappa shape index (κ2) is 9.35. The van der Waals surface area contributed by atoms with E-state index in [1.54, 1.807) is 0 Å². The Morgan fingerprint density at radius 2 is 1.80 bits per heavy atom. The van der Waals surface area contributed by atoms with Crippen molar-refractivity contribution in [1.29, 1.82) is 0 Å². The van der Waals surface area contributed by atoms with E-state index in [0.717, 1.165) is 11.1 Å². The van der Waals surface area contributed by atoms with Gasteiger partial charge in [-0.2, -0.15) is 0 Å². The Balaban J connectivity index is 1.87. The predicted octanol–water partition coefficient (Wildman–Crippen LogP) is 3.31. The summed E-state index contributed by atoms with van der Waals surface area (Å²) in [7, 11) is 0. The van der Waals surface area contributed by atoms with Gasteiger partial charge in [0.2, 0.25) is 5.91 Å². The second-order valence-corrected chi connectivity index (χ2v) is 6.51. The number of rotatable bonds is 8. The minimum Gasteiger partial charge on any atom is -0.345 e. The molecule has 0 aliphatic rings. The number of amides is 1. The molecule has 0 bridgehead atoms. The zero-order valence-electron chi connectivity index (χ0n) is 14.5. The Morgan fingerprint density at radius 3 is 2.44 bits per heavy atom. The molecule has 2 aromatic rings. The highest BCUT2D eigenvalue weighted by atomic mass is 35.5. The minimum absolute atomic E-state index is 0.0191. The molecule has 0 unspecified atom stereocenters. The van der Waals surface area contributed by atoms with E-state index in [0.29, 0.717) is 11.4 Å². The Bertz CT molecular complexity index is 719. The summed E-state index contributed by atoms with van der Waals surface area (Å²) in [4.78, 5) is 24.0. The van der Waals surface area contributed by atoms with Crippen LogP contribution in [0.15, 0.2) is 54.6 Å². The number of halogens is 1. The second-order valence-electron chi connectivity index (χ2n) is 6.08. The van der Waals surface area contributed by atoms with Gasteiger partial charge < -0.3 is 10.6 Å². The van der Waals surface area contributed by atoms with Crippen molar-refractivity contribution in [1.82, 2.24) is 10.6 Å². The molecule has 0 spiro atoms. The van der Waals surface area contributed by atoms with Crippen molar-refractivity contribution in [3.8, 4) is 0 Å². The molecule has 2 atom stereocenters. The average molecular weight is 359 g/mol. The summed E-state index contributed by atoms with van der Waals surface area (Å²) >= 11 is 5.99. The summed E-state index contributed by atoms with van der Waals surface area (Å²) in [6, 6.07) is 16.6. The molecule has 0 radical (unpaired) electrons. The molecule has 0 aromatic heterocycles. The van der Waals surface area contributed by atoms with Gasteiger partial charge in [-0.1, -0.05) is 54.1 Å². The molecule has 2 N–H and O–H groups in total. The predicted molar refractivity (Wildman–Crippen MR) is 101 cm³/mol. The molecule has 0 fully saturated rings. The van der Waals surface area contributed by atoms with Crippen LogP contribution in [0.25, 0.3) is 0 Å². The number of benzene rings is 2. The zero-order chi connectivity index (χ0) is 18.2. The fourth-order valence-corrected chi connectivity index (χ4v) is 2.73. The van der Waals surface area contributed by atoms with Crippen molar-refractivity contribution in [2.75, 3.05) is 6.54 Å². The third-order valence-electron chi connectivity index (χ3n) is 4.03. The van der Waals surface area contributed by atoms with E-state index in [2.05, 4.69) is 10.6 Å². The number of carbonyl (C=O) groups is 2. The van der Waals surface area contributed by atoms with Crippen LogP contribution >= 0.6 is 11.6 Å². The molecule has 4 nitrogen and oxygen atoms in total. The van der Waals surface area contributed by atoms with Crippen molar-refractivity contribution < 1.29 is 9.59 Å². The van der Waals surface area contributed by atoms with Crippen LogP contribution in [0.2, 0.25) is 5.02 Å². The van der Waals surface area contributed by atoms with Gasteiger partial charge >= 0.3 is 0 Å². The standard InChI is InChI=1S/C20H23ClN2O2/c1-14(17-9-6-10-18(21)12-17)22-13-20(25)23-19(15(2)24)11-16-7-4-3-5-8-16/h3-10,12,14,19,22H,11,13H2,1-2H3,(H,23,25)/t14-,19+/m0/s1. The molecule has 0 heterocycles. The van der Waals surface area contributed by atoms with E-state index in [-0.39, 0.29) is 24.3 Å². The van der Waals surface area contributed by atoms with Crippen LogP contribution in [0, 0.1) is 0 Å². The van der Waals surface area contributed by atoms with Gasteiger partial charge in [0.15, 0.2) is 5.78 Å². The molecule has 2 rings (SSSR count). The molecule has 2 aromatic carbocycles. The van der Waals surface area contributed by atoms with E-state index in [1.165, 1.54) is 6.92 Å². The lowest BCUT2D eigenvalue weighted by atomic mass is 10.0. The Kier molecular flexibility index (Phi) is 7.16. The first-order valence-electron chi connectivity index (χ1n) is 8.28. The quantitative estimate of drug-likeness (QED) is 0.761. The number of hydrogen-bond acceptors (Lipinski definition) is 3. The maximum atomic E-state index is 12.2. The van der Waals surface area contributed by atoms with Gasteiger partial charge in [0.25, 0.3) is 0 Å². The molecule has 5 heteroatoms. The summed E-state index contributed by atoms with van der Waals surface area (Å²) in [6.45, 7) is 3.59. The lowest BCUT2D eigenvalue weighted by Gasteiger charge is -2.18. The van der Waals surface area contributed by atoms with E-state index >= 15 is 0 Å². The van der Waals surface area contributed by atoms with Crippen LogP contribution in [0.3, 0.4) is 0 Å². The van der Waals surface area contributed by atoms with Crippen LogP contribution in [-0.4, -0.2) is 24.3 Å². The Morgan fingerprint density at radius 1 is 1.08 bits per heavy atom. The van der Waals surface area contributed by atoms with Crippen molar-refractivity contribution in [2.24, 2.45) is 0 Å². The van der Waals surface area contributed by atoms with Crippen molar-refractivity contribution in [3.05, 3.63) is 70.7 Å². The third kappa shape index (κ3) is 6.33. The maximum absolute atomic E-state index is 12.2. The topological polar surface area (TPSA) is 58.2 Å². The average Bonchev–Trinajstić information content (AvgIpc) is 2.60. The zero-order valence-corrected chi connectivity index (χ0v) is 15.2. The van der Waals surface area contributed by atoms with Crippen LogP contribution in [0.5, 0.6) is 0 Å². The molecule has 1 amide bonds. The molecular weight excluding hydrogens is 336 g/mol. The monoisotopic (exact) mass is 358 g/mol. The van der Waals surface area contributed by atoms with E-state index < -0.39 is 6.04 Å². The number of nitrogens with one attached hydrogen (secondary N) is 2. The van der Waals surface area contributed by atoms with Crippen molar-refractivity contribution in [3.63, 3.8) is 0 Å². The van der Waals surface area contributed by atoms with Gasteiger partial charge in [-0.05, 0) is 43.5 Å². The summed E-state index contributed by atoms with van der Waals surface area (Å²) in [6.07, 6.45) is 0.492. The van der Waals surface area contributed by atoms with Gasteiger partial charge in [0, 0.05) is 11.1 Å². The highest BCUT2D eigenvalue weighted by Gasteiger charge is 2.18. The van der Waals surface area contributed by atoms with Gasteiger partial charge in [0.1, 0.15) is 0 Å². The van der Waals surface area contributed by atoms with Crippen LogP contribution in [0.4, 0.5) is 0 Å². The largest absolute Gasteiger partial charge is 0.345 e. The fraction of sp³-hybridized carbons (Fsp3) is 0.300. The van der Waals surface area contributed by atoms with Crippen LogP contribution in [-0.2, 0) is 16.0 Å². The van der Waals surface area contributed by atoms with E-state index in [9.17, 15) is 9.59 Å². The maximum Gasteiger partial charge on any atom is 0.234 e. The van der Waals surface area contributed by atoms with E-state index in [4.69, 9.17) is 11.6 Å². The molecule has 0 saturated heterocycles. The summed E-state index contributed by atoms with van der Waals surface area (Å²) in [5.74, 6) is -0.259. The lowest BCUT2D eigenvalue weighted by molar-refractivity contribution is -0.126. The first-order chi connectivity index (χ1) is 12.0. The summed E-state index contributed by atoms with van der Waals surface area (Å²) in [5.41, 5.74) is 2.02. The van der Waals surface area contributed by atoms with Crippen LogP contribution < -0.4 is 10.6 Å². The fourth-order valence-electron chi connectivity index (χ4n) is 2.53. The SMILES string of the molecule is CC(=O)[C@@H](Cc1ccccc1)NC(=O)CN[C@@H](C)c1cccc(Cl)c1. The van der Waals surface area contributed by atoms with Gasteiger partial charge in [-0.15, -0.1) is 0 Å². The highest BCUT2D eigenvalue weighted by Crippen LogP contribution is 2.17. The number of hydrogen-bond donors (Lipinski definition) is 2. The molecular formula is C20H23ClN2O2. The lowest BCUT2D eigenvalue weighted by Crippen LogP contribution is -2.45. The summed E-state index contributed by atoms with van der Waals surface area (Å²) in [5, 5.41) is 6.62. The van der Waals surface area contributed by atoms with Gasteiger partial charge in [0.05, 0.1) is 12.6 Å². The first kappa shape index (κ1) is 19.2. The summed E-state index contributed by atoms with van der Waals surface area (Å²) < 4.78 is 0. The molecule has 0 aliphatic heterocycles. The van der Waals surface area contributed by atoms with Gasteiger partial charge in [-0.3, -0.25) is 9.59 Å². The molecule has 25 heavy (non-hydrogen) atoms.